The number of hydrogen-bond donors (Lipinski definition) is 1. The lowest BCUT2D eigenvalue weighted by molar-refractivity contribution is -0.519. The molecule has 0 saturated heterocycles. The summed E-state index contributed by atoms with van der Waals surface area (Å²) in [4.78, 5) is 10.5. The standard InChI is InChI=1S/C9H7N3O4S.ClH/c13-5-8-1-3-9(4-2-8)12-7-11(6-10-12)17(14,15)16;/h1-7H;1H. The van der Waals surface area contributed by atoms with E-state index in [2.05, 4.69) is 5.10 Å². The van der Waals surface area contributed by atoms with Gasteiger partial charge in [0.1, 0.15) is 12.0 Å². The molecule has 0 spiro atoms. The van der Waals surface area contributed by atoms with Gasteiger partial charge in [-0.05, 0) is 24.3 Å². The van der Waals surface area contributed by atoms with Crippen LogP contribution < -0.4 is 16.4 Å². The quantitative estimate of drug-likeness (QED) is 0.362. The summed E-state index contributed by atoms with van der Waals surface area (Å²) in [6, 6.07) is 6.35. The Morgan fingerprint density at radius 3 is 2.33 bits per heavy atom. The van der Waals surface area contributed by atoms with Crippen molar-refractivity contribution in [1.82, 2.24) is 9.78 Å². The number of aldehydes is 1. The largest absolute Gasteiger partial charge is 1.00 e. The first-order chi connectivity index (χ1) is 8.00. The minimum absolute atomic E-state index is 0. The summed E-state index contributed by atoms with van der Waals surface area (Å²) in [5.74, 6) is 0. The molecule has 0 radical (unpaired) electrons. The maximum atomic E-state index is 10.8. The lowest BCUT2D eigenvalue weighted by Gasteiger charge is -1.93. The van der Waals surface area contributed by atoms with Crippen LogP contribution in [0.25, 0.3) is 5.69 Å². The van der Waals surface area contributed by atoms with Crippen LogP contribution in [0.4, 0.5) is 0 Å². The van der Waals surface area contributed by atoms with Gasteiger partial charge in [-0.15, -0.1) is 3.97 Å². The van der Waals surface area contributed by atoms with Crippen molar-refractivity contribution in [3.63, 3.8) is 0 Å². The Balaban J connectivity index is 0.00000162. The number of rotatable bonds is 3. The van der Waals surface area contributed by atoms with Crippen molar-refractivity contribution in [1.29, 1.82) is 0 Å². The number of aromatic nitrogens is 3. The molecule has 0 aliphatic carbocycles. The van der Waals surface area contributed by atoms with Crippen LogP contribution in [0.3, 0.4) is 0 Å². The van der Waals surface area contributed by atoms with E-state index in [9.17, 15) is 13.2 Å². The first-order valence-corrected chi connectivity index (χ1v) is 5.90. The van der Waals surface area contributed by atoms with E-state index in [1.165, 1.54) is 4.68 Å². The summed E-state index contributed by atoms with van der Waals surface area (Å²) in [5.41, 5.74) is 1.07. The fourth-order valence-electron chi connectivity index (χ4n) is 1.23. The second kappa shape index (κ2) is 5.25. The van der Waals surface area contributed by atoms with Crippen molar-refractivity contribution in [2.75, 3.05) is 0 Å². The van der Waals surface area contributed by atoms with Crippen LogP contribution in [-0.2, 0) is 10.3 Å². The van der Waals surface area contributed by atoms with Gasteiger partial charge in [-0.1, -0.05) is 4.68 Å². The van der Waals surface area contributed by atoms with Gasteiger partial charge >= 0.3 is 10.3 Å². The van der Waals surface area contributed by atoms with Crippen molar-refractivity contribution in [2.45, 2.75) is 0 Å². The molecular weight excluding hydrogens is 282 g/mol. The van der Waals surface area contributed by atoms with Gasteiger partial charge in [0.2, 0.25) is 6.33 Å². The van der Waals surface area contributed by atoms with Crippen LogP contribution in [0.2, 0.25) is 0 Å². The highest BCUT2D eigenvalue weighted by molar-refractivity contribution is 7.79. The molecule has 0 atom stereocenters. The zero-order chi connectivity index (χ0) is 12.5. The fraction of sp³-hybridized carbons (Fsp3) is 0. The van der Waals surface area contributed by atoms with Gasteiger partial charge in [0, 0.05) is 10.7 Å². The Bertz CT molecular complexity index is 651. The van der Waals surface area contributed by atoms with E-state index in [1.54, 1.807) is 24.3 Å². The molecule has 2 aromatic rings. The lowest BCUT2D eigenvalue weighted by Crippen LogP contribution is -3.00. The SMILES string of the molecule is O=Cc1ccc(-n2c[n+](S(=O)(=O)O)cn2)cc1.[Cl-]. The van der Waals surface area contributed by atoms with E-state index in [4.69, 9.17) is 4.55 Å². The molecule has 0 fully saturated rings. The highest BCUT2D eigenvalue weighted by Gasteiger charge is 2.17. The molecule has 0 amide bonds. The third-order valence-corrected chi connectivity index (χ3v) is 2.79. The van der Waals surface area contributed by atoms with Crippen LogP contribution in [0, 0.1) is 0 Å². The van der Waals surface area contributed by atoms with Crippen LogP contribution in [0.15, 0.2) is 36.9 Å². The van der Waals surface area contributed by atoms with Crippen molar-refractivity contribution in [3.05, 3.63) is 42.5 Å². The molecule has 0 aliphatic rings. The Morgan fingerprint density at radius 1 is 1.28 bits per heavy atom. The Morgan fingerprint density at radius 2 is 1.89 bits per heavy atom. The average Bonchev–Trinajstić information content (AvgIpc) is 2.78. The number of benzene rings is 1. The zero-order valence-electron chi connectivity index (χ0n) is 8.84. The Hall–Kier alpha value is -1.77. The fourth-order valence-corrected chi connectivity index (χ4v) is 1.60. The van der Waals surface area contributed by atoms with Gasteiger partial charge in [0.25, 0.3) is 6.33 Å². The van der Waals surface area contributed by atoms with Crippen LogP contribution >= 0.6 is 0 Å². The molecule has 96 valence electrons. The number of hydrogen-bond acceptors (Lipinski definition) is 4. The molecule has 1 aromatic heterocycles. The van der Waals surface area contributed by atoms with E-state index in [0.29, 0.717) is 21.5 Å². The third kappa shape index (κ3) is 2.92. The summed E-state index contributed by atoms with van der Waals surface area (Å²) in [7, 11) is -4.33. The Labute approximate surface area is 109 Å². The van der Waals surface area contributed by atoms with E-state index in [0.717, 1.165) is 12.7 Å². The van der Waals surface area contributed by atoms with E-state index in [1.807, 2.05) is 0 Å². The van der Waals surface area contributed by atoms with Gasteiger partial charge in [-0.3, -0.25) is 9.35 Å². The highest BCUT2D eigenvalue weighted by atomic mass is 35.5. The number of carbonyl (C=O) groups is 1. The van der Waals surface area contributed by atoms with Crippen LogP contribution in [0.1, 0.15) is 10.4 Å². The van der Waals surface area contributed by atoms with Crippen LogP contribution in [0.5, 0.6) is 0 Å². The average molecular weight is 290 g/mol. The first kappa shape index (κ1) is 14.3. The summed E-state index contributed by atoms with van der Waals surface area (Å²) in [6.07, 6.45) is 2.76. The molecule has 0 unspecified atom stereocenters. The summed E-state index contributed by atoms with van der Waals surface area (Å²) in [6.45, 7) is 0. The van der Waals surface area contributed by atoms with Gasteiger partial charge in [0.05, 0.1) is 0 Å². The second-order valence-corrected chi connectivity index (χ2v) is 4.53. The van der Waals surface area contributed by atoms with E-state index in [-0.39, 0.29) is 12.4 Å². The molecular formula is C9H8ClN3O4S. The molecule has 9 heteroatoms. The summed E-state index contributed by atoms with van der Waals surface area (Å²) in [5, 5.41) is 3.76. The van der Waals surface area contributed by atoms with E-state index < -0.39 is 10.3 Å². The van der Waals surface area contributed by atoms with Gasteiger partial charge in [-0.25, -0.2) is 0 Å². The molecule has 0 bridgehead atoms. The van der Waals surface area contributed by atoms with Gasteiger partial charge < -0.3 is 12.4 Å². The molecule has 1 N–H and O–H groups in total. The molecule has 0 aliphatic heterocycles. The molecule has 0 saturated carbocycles. The topological polar surface area (TPSA) is 93.1 Å². The Kier molecular flexibility index (Phi) is 4.17. The smallest absolute Gasteiger partial charge is 0.416 e. The zero-order valence-corrected chi connectivity index (χ0v) is 10.4. The second-order valence-electron chi connectivity index (χ2n) is 3.21. The van der Waals surface area contributed by atoms with Crippen LogP contribution in [-0.4, -0.2) is 29.0 Å². The lowest BCUT2D eigenvalue weighted by atomic mass is 10.2. The van der Waals surface area contributed by atoms with Crippen molar-refractivity contribution >= 4 is 16.6 Å². The minimum atomic E-state index is -4.33. The normalized spacial score (nSPS) is 10.7. The maximum absolute atomic E-state index is 10.8. The van der Waals surface area contributed by atoms with E-state index >= 15 is 0 Å². The molecule has 1 heterocycles. The van der Waals surface area contributed by atoms with Gasteiger partial charge in [-0.2, -0.15) is 8.42 Å². The predicted molar refractivity (Wildman–Crippen MR) is 56.1 cm³/mol. The number of carbonyl (C=O) groups excluding carboxylic acids is 1. The third-order valence-electron chi connectivity index (χ3n) is 2.07. The van der Waals surface area contributed by atoms with Crippen molar-refractivity contribution < 1.29 is 34.1 Å². The molecule has 18 heavy (non-hydrogen) atoms. The molecule has 2 rings (SSSR count). The molecule has 7 nitrogen and oxygen atoms in total. The maximum Gasteiger partial charge on any atom is 0.416 e. The van der Waals surface area contributed by atoms with Crippen molar-refractivity contribution in [3.8, 4) is 5.69 Å². The van der Waals surface area contributed by atoms with Crippen molar-refractivity contribution in [2.24, 2.45) is 0 Å². The molecule has 1 aromatic carbocycles. The number of nitrogens with zero attached hydrogens (tertiary/aromatic N) is 3. The first-order valence-electron chi connectivity index (χ1n) is 4.50. The minimum Gasteiger partial charge on any atom is -1.00 e. The monoisotopic (exact) mass is 289 g/mol. The number of halogens is 1. The summed E-state index contributed by atoms with van der Waals surface area (Å²) >= 11 is 0. The predicted octanol–water partition coefficient (Wildman–Crippen LogP) is -3.37. The van der Waals surface area contributed by atoms with Gasteiger partial charge in [0.15, 0.2) is 0 Å². The highest BCUT2D eigenvalue weighted by Crippen LogP contribution is 2.05. The summed E-state index contributed by atoms with van der Waals surface area (Å²) < 4.78 is 32.2.